The van der Waals surface area contributed by atoms with Gasteiger partial charge in [0.25, 0.3) is 6.26 Å². The third-order valence-electron chi connectivity index (χ3n) is 2.42. The van der Waals surface area contributed by atoms with Crippen molar-refractivity contribution < 1.29 is 9.53 Å². The van der Waals surface area contributed by atoms with Gasteiger partial charge in [0.15, 0.2) is 0 Å². The Balaban J connectivity index is 0.000000500. The van der Waals surface area contributed by atoms with Crippen LogP contribution in [0.2, 0.25) is 0 Å². The summed E-state index contributed by atoms with van der Waals surface area (Å²) < 4.78 is 4.64. The van der Waals surface area contributed by atoms with Crippen LogP contribution in [0.25, 0.3) is 0 Å². The van der Waals surface area contributed by atoms with E-state index in [0.29, 0.717) is 6.61 Å². The molecule has 0 atom stereocenters. The van der Waals surface area contributed by atoms with E-state index in [4.69, 9.17) is 15.5 Å². The van der Waals surface area contributed by atoms with E-state index in [-0.39, 0.29) is 0 Å². The normalized spacial score (nSPS) is 15.6. The molecule has 0 aliphatic heterocycles. The van der Waals surface area contributed by atoms with Crippen LogP contribution in [0, 0.1) is 22.8 Å². The third-order valence-corrected chi connectivity index (χ3v) is 2.42. The van der Waals surface area contributed by atoms with Crippen LogP contribution in [0.5, 0.6) is 0 Å². The first-order chi connectivity index (χ1) is 6.85. The second kappa shape index (κ2) is 9.76. The molecule has 4 nitrogen and oxygen atoms in total. The van der Waals surface area contributed by atoms with Gasteiger partial charge in [-0.1, -0.05) is 32.1 Å². The highest BCUT2D eigenvalue weighted by atomic mass is 16.5. The van der Waals surface area contributed by atoms with Crippen molar-refractivity contribution in [3.05, 3.63) is 0 Å². The number of nitriles is 1. The molecule has 0 spiro atoms. The van der Waals surface area contributed by atoms with Crippen LogP contribution in [-0.4, -0.2) is 12.7 Å². The minimum Gasteiger partial charge on any atom is -0.428 e. The predicted octanol–water partition coefficient (Wildman–Crippen LogP) is 2.36. The Bertz CT molecular complexity index is 199. The molecule has 0 aromatic rings. The summed E-state index contributed by atoms with van der Waals surface area (Å²) in [5.74, 6) is 0.831. The van der Waals surface area contributed by atoms with Gasteiger partial charge in [-0.05, 0) is 12.3 Å². The monoisotopic (exact) mass is 196 g/mol. The lowest BCUT2D eigenvalue weighted by Crippen LogP contribution is -2.08. The van der Waals surface area contributed by atoms with E-state index in [9.17, 15) is 0 Å². The predicted molar refractivity (Wildman–Crippen MR) is 51.2 cm³/mol. The Morgan fingerprint density at radius 3 is 2.43 bits per heavy atom. The molecule has 1 saturated carbocycles. The van der Waals surface area contributed by atoms with Gasteiger partial charge in [0, 0.05) is 0 Å². The van der Waals surface area contributed by atoms with Gasteiger partial charge >= 0.3 is 0 Å². The molecule has 0 radical (unpaired) electrons. The van der Waals surface area contributed by atoms with Gasteiger partial charge in [0.2, 0.25) is 6.08 Å². The number of ether oxygens (including phenoxy) is 1. The SMILES string of the molecule is N#COCCC1CCCCC1.N=C=O. The topological polar surface area (TPSA) is 73.9 Å². The molecule has 1 fully saturated rings. The van der Waals surface area contributed by atoms with Crippen molar-refractivity contribution in [3.63, 3.8) is 0 Å². The number of rotatable bonds is 3. The zero-order valence-corrected chi connectivity index (χ0v) is 8.29. The van der Waals surface area contributed by atoms with Gasteiger partial charge in [-0.2, -0.15) is 5.26 Å². The first kappa shape index (κ1) is 12.7. The van der Waals surface area contributed by atoms with Crippen molar-refractivity contribution in [2.75, 3.05) is 6.61 Å². The first-order valence-electron chi connectivity index (χ1n) is 4.90. The molecule has 1 aliphatic rings. The van der Waals surface area contributed by atoms with Crippen molar-refractivity contribution >= 4 is 6.08 Å². The Hall–Kier alpha value is -1.33. The van der Waals surface area contributed by atoms with Crippen LogP contribution in [-0.2, 0) is 9.53 Å². The van der Waals surface area contributed by atoms with Crippen molar-refractivity contribution in [2.24, 2.45) is 5.92 Å². The number of nitrogens with one attached hydrogen (secondary N) is 1. The summed E-state index contributed by atoms with van der Waals surface area (Å²) >= 11 is 0. The van der Waals surface area contributed by atoms with E-state index in [1.807, 2.05) is 0 Å². The summed E-state index contributed by atoms with van der Waals surface area (Å²) in [6.45, 7) is 0.626. The molecule has 0 aromatic heterocycles. The number of hydrogen-bond acceptors (Lipinski definition) is 4. The summed E-state index contributed by atoms with van der Waals surface area (Å²) in [6.07, 6.45) is 10.4. The Morgan fingerprint density at radius 2 is 1.93 bits per heavy atom. The van der Waals surface area contributed by atoms with Crippen molar-refractivity contribution in [3.8, 4) is 6.26 Å². The second-order valence-electron chi connectivity index (χ2n) is 3.33. The molecule has 1 rings (SSSR count). The highest BCUT2D eigenvalue weighted by Crippen LogP contribution is 2.25. The fraction of sp³-hybridized carbons (Fsp3) is 0.800. The van der Waals surface area contributed by atoms with Gasteiger partial charge in [-0.3, -0.25) is 0 Å². The van der Waals surface area contributed by atoms with Gasteiger partial charge in [0.05, 0.1) is 0 Å². The molecule has 0 bridgehead atoms. The van der Waals surface area contributed by atoms with Crippen molar-refractivity contribution in [1.29, 1.82) is 10.7 Å². The quantitative estimate of drug-likeness (QED) is 0.326. The zero-order chi connectivity index (χ0) is 10.6. The van der Waals surface area contributed by atoms with Gasteiger partial charge in [-0.15, -0.1) is 0 Å². The lowest BCUT2D eigenvalue weighted by atomic mass is 9.87. The molecule has 0 saturated heterocycles. The van der Waals surface area contributed by atoms with E-state index < -0.39 is 0 Å². The number of carbonyl (C=O) groups excluding carboxylic acids is 1. The molecule has 1 aliphatic carbocycles. The summed E-state index contributed by atoms with van der Waals surface area (Å²) in [5, 5.41) is 13.5. The highest BCUT2D eigenvalue weighted by Gasteiger charge is 2.12. The summed E-state index contributed by atoms with van der Waals surface area (Å²) in [5.41, 5.74) is 0. The Kier molecular flexibility index (Phi) is 8.83. The van der Waals surface area contributed by atoms with E-state index in [1.54, 1.807) is 6.26 Å². The molecule has 0 amide bonds. The van der Waals surface area contributed by atoms with Crippen LogP contribution in [0.3, 0.4) is 0 Å². The number of hydrogen-bond donors (Lipinski definition) is 1. The average Bonchev–Trinajstić information content (AvgIpc) is 2.21. The van der Waals surface area contributed by atoms with E-state index in [2.05, 4.69) is 4.74 Å². The smallest absolute Gasteiger partial charge is 0.286 e. The standard InChI is InChI=1S/C9H15NO.CHNO/c10-8-11-7-6-9-4-2-1-3-5-9;2-1-3/h9H,1-7H2;2H. The van der Waals surface area contributed by atoms with Crippen LogP contribution in [0.15, 0.2) is 0 Å². The summed E-state index contributed by atoms with van der Waals surface area (Å²) in [6, 6.07) is 0. The maximum Gasteiger partial charge on any atom is 0.286 e. The molecule has 1 N–H and O–H groups in total. The van der Waals surface area contributed by atoms with Crippen LogP contribution >= 0.6 is 0 Å². The van der Waals surface area contributed by atoms with E-state index in [1.165, 1.54) is 32.1 Å². The fourth-order valence-electron chi connectivity index (χ4n) is 1.75. The van der Waals surface area contributed by atoms with Crippen molar-refractivity contribution in [1.82, 2.24) is 0 Å². The molecular weight excluding hydrogens is 180 g/mol. The van der Waals surface area contributed by atoms with Crippen LogP contribution in [0.1, 0.15) is 38.5 Å². The Morgan fingerprint density at radius 1 is 1.36 bits per heavy atom. The third kappa shape index (κ3) is 7.33. The molecule has 4 heteroatoms. The van der Waals surface area contributed by atoms with E-state index in [0.717, 1.165) is 18.4 Å². The molecular formula is C10H16N2O2. The van der Waals surface area contributed by atoms with Crippen LogP contribution < -0.4 is 0 Å². The number of nitrogens with zero attached hydrogens (tertiary/aromatic N) is 1. The molecule has 14 heavy (non-hydrogen) atoms. The molecule has 78 valence electrons. The molecule has 0 heterocycles. The lowest BCUT2D eigenvalue weighted by Gasteiger charge is -2.20. The fourth-order valence-corrected chi connectivity index (χ4v) is 1.75. The zero-order valence-electron chi connectivity index (χ0n) is 8.29. The maximum atomic E-state index is 8.35. The summed E-state index contributed by atoms with van der Waals surface area (Å²) in [7, 11) is 0. The molecule has 0 aromatic carbocycles. The highest BCUT2D eigenvalue weighted by molar-refractivity contribution is 5.26. The Labute approximate surface area is 84.4 Å². The average molecular weight is 196 g/mol. The number of isocyanates is 1. The minimum atomic E-state index is 0.626. The lowest BCUT2D eigenvalue weighted by molar-refractivity contribution is 0.217. The van der Waals surface area contributed by atoms with Gasteiger partial charge < -0.3 is 4.74 Å². The minimum absolute atomic E-state index is 0.626. The van der Waals surface area contributed by atoms with Crippen LogP contribution in [0.4, 0.5) is 0 Å². The first-order valence-corrected chi connectivity index (χ1v) is 4.90. The van der Waals surface area contributed by atoms with Crippen molar-refractivity contribution in [2.45, 2.75) is 38.5 Å². The summed E-state index contributed by atoms with van der Waals surface area (Å²) in [4.78, 5) is 8.35. The van der Waals surface area contributed by atoms with E-state index >= 15 is 0 Å². The largest absolute Gasteiger partial charge is 0.428 e. The second-order valence-corrected chi connectivity index (χ2v) is 3.33. The van der Waals surface area contributed by atoms with Gasteiger partial charge in [-0.25, -0.2) is 10.2 Å². The molecule has 0 unspecified atom stereocenters. The van der Waals surface area contributed by atoms with Gasteiger partial charge in [0.1, 0.15) is 6.61 Å². The maximum absolute atomic E-state index is 8.35.